The van der Waals surface area contributed by atoms with Crippen molar-refractivity contribution < 1.29 is 14.4 Å². The maximum absolute atomic E-state index is 13.9. The number of hydrogen-bond acceptors (Lipinski definition) is 6. The molecule has 314 valence electrons. The highest BCUT2D eigenvalue weighted by atomic mass is 16.6. The number of nitrogens with zero attached hydrogens (tertiary/aromatic N) is 3. The highest BCUT2D eigenvalue weighted by Crippen LogP contribution is 2.42. The predicted molar refractivity (Wildman–Crippen MR) is 253 cm³/mol. The fraction of sp³-hybridized carbons (Fsp3) is 0.211. The lowest BCUT2D eigenvalue weighted by Crippen LogP contribution is -2.36. The fourth-order valence-electron chi connectivity index (χ4n) is 8.80. The molecule has 1 aliphatic carbocycles. The van der Waals surface area contributed by atoms with Crippen LogP contribution < -0.4 is 0 Å². The van der Waals surface area contributed by atoms with E-state index in [0.29, 0.717) is 6.42 Å². The normalized spacial score (nSPS) is 19.2. The van der Waals surface area contributed by atoms with Gasteiger partial charge in [-0.2, -0.15) is 0 Å². The lowest BCUT2D eigenvalue weighted by atomic mass is 9.71. The minimum absolute atomic E-state index is 0.0209. The van der Waals surface area contributed by atoms with Crippen LogP contribution in [0.1, 0.15) is 76.3 Å². The van der Waals surface area contributed by atoms with E-state index in [0.717, 1.165) is 68.6 Å². The lowest BCUT2D eigenvalue weighted by molar-refractivity contribution is -0.131. The van der Waals surface area contributed by atoms with Crippen LogP contribution in [-0.4, -0.2) is 33.4 Å². The van der Waals surface area contributed by atoms with Gasteiger partial charge in [0.05, 0.1) is 17.0 Å². The molecule has 1 aliphatic heterocycles. The summed E-state index contributed by atoms with van der Waals surface area (Å²) in [6.45, 7) is 8.42. The average molecular weight is 828 g/mol. The van der Waals surface area contributed by atoms with Crippen LogP contribution in [0.3, 0.4) is 0 Å². The quantitative estimate of drug-likeness (QED) is 0.121. The number of oxime groups is 1. The number of ketones is 2. The Labute approximate surface area is 371 Å². The summed E-state index contributed by atoms with van der Waals surface area (Å²) in [5.74, 6) is -1.06. The van der Waals surface area contributed by atoms with Gasteiger partial charge in [0.15, 0.2) is 5.78 Å². The largest absolute Gasteiger partial charge is 0.392 e. The van der Waals surface area contributed by atoms with E-state index in [1.54, 1.807) is 18.5 Å². The number of hydrogen-bond donors (Lipinski definition) is 0. The van der Waals surface area contributed by atoms with Gasteiger partial charge in [0, 0.05) is 42.7 Å². The van der Waals surface area contributed by atoms with E-state index in [4.69, 9.17) is 4.84 Å². The summed E-state index contributed by atoms with van der Waals surface area (Å²) in [6.07, 6.45) is 11.7. The third kappa shape index (κ3) is 10.0. The molecule has 0 saturated carbocycles. The predicted octanol–water partition coefficient (Wildman–Crippen LogP) is 12.0. The first-order chi connectivity index (χ1) is 30.6. The van der Waals surface area contributed by atoms with E-state index in [2.05, 4.69) is 140 Å². The van der Waals surface area contributed by atoms with Crippen molar-refractivity contribution in [3.63, 3.8) is 0 Å². The van der Waals surface area contributed by atoms with Crippen LogP contribution in [0.4, 0.5) is 0 Å². The van der Waals surface area contributed by atoms with Gasteiger partial charge in [-0.3, -0.25) is 19.6 Å². The van der Waals surface area contributed by atoms with Crippen molar-refractivity contribution in [2.24, 2.45) is 16.5 Å². The summed E-state index contributed by atoms with van der Waals surface area (Å²) >= 11 is 0. The maximum Gasteiger partial charge on any atom is 0.167 e. The zero-order chi connectivity index (χ0) is 43.8. The van der Waals surface area contributed by atoms with Crippen LogP contribution in [0.5, 0.6) is 0 Å². The zero-order valence-electron chi connectivity index (χ0n) is 36.4. The maximum atomic E-state index is 13.9. The van der Waals surface area contributed by atoms with Crippen LogP contribution in [0.2, 0.25) is 0 Å². The van der Waals surface area contributed by atoms with Crippen LogP contribution in [0.15, 0.2) is 188 Å². The Balaban J connectivity index is 0.000000226. The van der Waals surface area contributed by atoms with E-state index in [1.807, 2.05) is 67.0 Å². The van der Waals surface area contributed by atoms with Crippen LogP contribution >= 0.6 is 0 Å². The van der Waals surface area contributed by atoms with Crippen molar-refractivity contribution in [2.45, 2.75) is 65.4 Å². The van der Waals surface area contributed by atoms with Crippen molar-refractivity contribution in [3.05, 3.63) is 233 Å². The number of carbonyl (C=O) groups is 2. The molecule has 0 N–H and O–H groups in total. The second-order valence-corrected chi connectivity index (χ2v) is 17.2. The third-order valence-corrected chi connectivity index (χ3v) is 12.7. The summed E-state index contributed by atoms with van der Waals surface area (Å²) < 4.78 is 0. The number of pyridine rings is 2. The second-order valence-electron chi connectivity index (χ2n) is 17.2. The summed E-state index contributed by atoms with van der Waals surface area (Å²) in [4.78, 5) is 41.7. The second kappa shape index (κ2) is 19.3. The first-order valence-corrected chi connectivity index (χ1v) is 21.8. The Morgan fingerprint density at radius 2 is 1.25 bits per heavy atom. The van der Waals surface area contributed by atoms with Gasteiger partial charge in [-0.1, -0.05) is 145 Å². The Hall–Kier alpha value is -7.05. The van der Waals surface area contributed by atoms with Crippen molar-refractivity contribution in [3.8, 4) is 11.1 Å². The molecule has 4 atom stereocenters. The summed E-state index contributed by atoms with van der Waals surface area (Å²) in [7, 11) is 0. The standard InChI is InChI=1S/C40H35NO2.C17H18N2O/c1-27-10-11-30(21-28(27)2)23-38(42)40-37(35-14-12-29(13-15-35)22-31-7-6-20-41-26-31)24-36(25-39(40)43)34-18-16-33(17-19-34)32-8-4-3-5-9-32;1-13-17(2,11-14-7-6-10-18-12-14)16(19-20-13)15-8-4-3-5-9-15/h3-21,25-26,37,40H,22-24H2,1-2H3;3-10,12-13H,11H2,1-2H3/t37-,40+;/m1./s1. The van der Waals surface area contributed by atoms with Gasteiger partial charge in [0.25, 0.3) is 0 Å². The molecule has 63 heavy (non-hydrogen) atoms. The highest BCUT2D eigenvalue weighted by molar-refractivity contribution is 6.13. The van der Waals surface area contributed by atoms with Gasteiger partial charge < -0.3 is 4.84 Å². The van der Waals surface area contributed by atoms with Crippen molar-refractivity contribution in [1.29, 1.82) is 0 Å². The van der Waals surface area contributed by atoms with Crippen LogP contribution in [0.25, 0.3) is 16.7 Å². The SMILES string of the molecule is CC1ON=C(c2ccccc2)C1(C)Cc1cccnc1.Cc1ccc(CC(=O)[C@H]2C(=O)C=C(c3ccc(-c4ccccc4)cc3)C[C@@H]2c2ccc(Cc3cccnc3)cc2)cc1C. The van der Waals surface area contributed by atoms with Crippen molar-refractivity contribution in [1.82, 2.24) is 9.97 Å². The number of carbonyl (C=O) groups excluding carboxylic acids is 2. The molecule has 2 unspecified atom stereocenters. The van der Waals surface area contributed by atoms with Gasteiger partial charge in [0.2, 0.25) is 0 Å². The van der Waals surface area contributed by atoms with Crippen molar-refractivity contribution >= 4 is 22.9 Å². The monoisotopic (exact) mass is 827 g/mol. The fourth-order valence-corrected chi connectivity index (χ4v) is 8.80. The van der Waals surface area contributed by atoms with E-state index in [9.17, 15) is 9.59 Å². The third-order valence-electron chi connectivity index (χ3n) is 12.7. The van der Waals surface area contributed by atoms with Gasteiger partial charge in [-0.05, 0) is 126 Å². The number of aryl methyl sites for hydroxylation is 2. The molecule has 9 rings (SSSR count). The first kappa shape index (κ1) is 42.6. The average Bonchev–Trinajstić information content (AvgIpc) is 3.61. The van der Waals surface area contributed by atoms with Crippen molar-refractivity contribution in [2.75, 3.05) is 0 Å². The topological polar surface area (TPSA) is 81.5 Å². The molecule has 6 nitrogen and oxygen atoms in total. The number of rotatable bonds is 11. The molecule has 0 saturated heterocycles. The van der Waals surface area contributed by atoms with E-state index in [1.165, 1.54) is 16.7 Å². The van der Waals surface area contributed by atoms with Gasteiger partial charge >= 0.3 is 0 Å². The zero-order valence-corrected chi connectivity index (χ0v) is 36.4. The molecule has 2 aliphatic rings. The Morgan fingerprint density at radius 3 is 1.89 bits per heavy atom. The number of allylic oxidation sites excluding steroid dienone is 2. The summed E-state index contributed by atoms with van der Waals surface area (Å²) in [6, 6.07) is 51.6. The molecule has 0 bridgehead atoms. The number of aromatic nitrogens is 2. The molecule has 6 heteroatoms. The van der Waals surface area contributed by atoms with Gasteiger partial charge in [-0.25, -0.2) is 0 Å². The Morgan fingerprint density at radius 1 is 0.651 bits per heavy atom. The Kier molecular flexibility index (Phi) is 13.1. The summed E-state index contributed by atoms with van der Waals surface area (Å²) in [5.41, 5.74) is 14.2. The molecule has 0 amide bonds. The van der Waals surface area contributed by atoms with E-state index >= 15 is 0 Å². The molecular formula is C57H53N3O3. The number of benzene rings is 5. The number of Topliss-reactive ketones (excluding diaryl/α,β-unsaturated/α-hetero) is 1. The molecule has 7 aromatic rings. The highest BCUT2D eigenvalue weighted by Gasteiger charge is 2.44. The molecule has 0 fully saturated rings. The minimum Gasteiger partial charge on any atom is -0.392 e. The molecule has 0 spiro atoms. The van der Waals surface area contributed by atoms with Gasteiger partial charge in [-0.15, -0.1) is 0 Å². The summed E-state index contributed by atoms with van der Waals surface area (Å²) in [5, 5.41) is 4.33. The molecule has 3 heterocycles. The van der Waals surface area contributed by atoms with Gasteiger partial charge in [0.1, 0.15) is 11.9 Å². The van der Waals surface area contributed by atoms with E-state index < -0.39 is 5.92 Å². The minimum atomic E-state index is -0.710. The first-order valence-electron chi connectivity index (χ1n) is 21.8. The molecular weight excluding hydrogens is 775 g/mol. The lowest BCUT2D eigenvalue weighted by Gasteiger charge is -2.30. The molecule has 2 aromatic heterocycles. The smallest absolute Gasteiger partial charge is 0.167 e. The van der Waals surface area contributed by atoms with E-state index in [-0.39, 0.29) is 35.4 Å². The molecule has 0 radical (unpaired) electrons. The van der Waals surface area contributed by atoms with Crippen LogP contribution in [0, 0.1) is 25.2 Å². The molecule has 5 aromatic carbocycles. The van der Waals surface area contributed by atoms with Crippen LogP contribution in [-0.2, 0) is 33.7 Å². The Bertz CT molecular complexity index is 2710.